The van der Waals surface area contributed by atoms with Gasteiger partial charge in [0.05, 0.1) is 18.4 Å². The molecule has 0 amide bonds. The van der Waals surface area contributed by atoms with Crippen LogP contribution in [0.2, 0.25) is 0 Å². The van der Waals surface area contributed by atoms with E-state index in [0.717, 1.165) is 35.8 Å². The van der Waals surface area contributed by atoms with Crippen LogP contribution in [0.3, 0.4) is 0 Å². The maximum absolute atomic E-state index is 5.50. The second kappa shape index (κ2) is 6.86. The molecule has 0 aliphatic rings. The maximum atomic E-state index is 5.50. The van der Waals surface area contributed by atoms with Gasteiger partial charge in [-0.05, 0) is 37.6 Å². The van der Waals surface area contributed by atoms with Crippen molar-refractivity contribution >= 4 is 11.3 Å². The summed E-state index contributed by atoms with van der Waals surface area (Å²) in [5.74, 6) is 0.899. The quantitative estimate of drug-likeness (QED) is 0.878. The van der Waals surface area contributed by atoms with E-state index in [9.17, 15) is 0 Å². The molecule has 1 heterocycles. The topological polar surface area (TPSA) is 34.1 Å². The molecule has 2 rings (SSSR count). The summed E-state index contributed by atoms with van der Waals surface area (Å²) in [4.78, 5) is 6.11. The Morgan fingerprint density at radius 1 is 1.30 bits per heavy atom. The van der Waals surface area contributed by atoms with Crippen LogP contribution in [0.5, 0.6) is 5.75 Å². The Balaban J connectivity index is 2.40. The predicted octanol–water partition coefficient (Wildman–Crippen LogP) is 3.80. The molecule has 0 fully saturated rings. The van der Waals surface area contributed by atoms with Crippen LogP contribution in [0, 0.1) is 6.92 Å². The molecule has 0 unspecified atom stereocenters. The molecular formula is C16H22N2OS. The van der Waals surface area contributed by atoms with Gasteiger partial charge in [0.1, 0.15) is 10.8 Å². The number of aryl methyl sites for hydroxylation is 2. The average molecular weight is 290 g/mol. The molecule has 0 bridgehead atoms. The fourth-order valence-corrected chi connectivity index (χ4v) is 3.28. The lowest BCUT2D eigenvalue weighted by Gasteiger charge is -2.06. The number of methoxy groups -OCH3 is 1. The van der Waals surface area contributed by atoms with Gasteiger partial charge in [-0.15, -0.1) is 11.3 Å². The summed E-state index contributed by atoms with van der Waals surface area (Å²) >= 11 is 1.76. The van der Waals surface area contributed by atoms with E-state index in [-0.39, 0.29) is 0 Å². The van der Waals surface area contributed by atoms with E-state index in [1.165, 1.54) is 16.1 Å². The Morgan fingerprint density at radius 3 is 2.75 bits per heavy atom. The summed E-state index contributed by atoms with van der Waals surface area (Å²) in [6.07, 6.45) is 0.964. The molecule has 1 aromatic carbocycles. The van der Waals surface area contributed by atoms with Crippen LogP contribution in [0.25, 0.3) is 10.6 Å². The minimum absolute atomic E-state index is 0.894. The smallest absolute Gasteiger partial charge is 0.129 e. The van der Waals surface area contributed by atoms with Crippen LogP contribution in [-0.2, 0) is 13.0 Å². The molecular weight excluding hydrogens is 268 g/mol. The van der Waals surface area contributed by atoms with E-state index in [2.05, 4.69) is 44.3 Å². The molecule has 0 radical (unpaired) electrons. The van der Waals surface area contributed by atoms with Gasteiger partial charge in [0, 0.05) is 11.4 Å². The zero-order valence-electron chi connectivity index (χ0n) is 12.6. The van der Waals surface area contributed by atoms with Gasteiger partial charge in [0.2, 0.25) is 0 Å². The Morgan fingerprint density at radius 2 is 2.10 bits per heavy atom. The number of hydrogen-bond acceptors (Lipinski definition) is 4. The molecule has 3 nitrogen and oxygen atoms in total. The average Bonchev–Trinajstić information content (AvgIpc) is 2.87. The third kappa shape index (κ3) is 3.19. The Bertz CT molecular complexity index is 578. The van der Waals surface area contributed by atoms with Crippen LogP contribution < -0.4 is 10.1 Å². The number of rotatable bonds is 6. The highest BCUT2D eigenvalue weighted by Gasteiger charge is 2.14. The number of aromatic nitrogens is 1. The number of nitrogens with zero attached hydrogens (tertiary/aromatic N) is 1. The zero-order chi connectivity index (χ0) is 14.5. The van der Waals surface area contributed by atoms with Gasteiger partial charge in [-0.3, -0.25) is 0 Å². The molecule has 0 aliphatic carbocycles. The van der Waals surface area contributed by atoms with Crippen molar-refractivity contribution in [3.05, 3.63) is 34.3 Å². The van der Waals surface area contributed by atoms with Crippen molar-refractivity contribution in [1.82, 2.24) is 10.3 Å². The highest BCUT2D eigenvalue weighted by atomic mass is 32.1. The second-order valence-corrected chi connectivity index (χ2v) is 5.81. The second-order valence-electron chi connectivity index (χ2n) is 4.73. The SMILES string of the molecule is CCNCc1sc(-c2ccc(C)cc2OC)nc1CC. The van der Waals surface area contributed by atoms with Crippen LogP contribution >= 0.6 is 11.3 Å². The van der Waals surface area contributed by atoms with Crippen LogP contribution in [0.1, 0.15) is 30.0 Å². The molecule has 2 aromatic rings. The van der Waals surface area contributed by atoms with Crippen molar-refractivity contribution in [2.24, 2.45) is 0 Å². The van der Waals surface area contributed by atoms with Crippen LogP contribution in [0.15, 0.2) is 18.2 Å². The highest BCUT2D eigenvalue weighted by Crippen LogP contribution is 2.35. The minimum Gasteiger partial charge on any atom is -0.496 e. The summed E-state index contributed by atoms with van der Waals surface area (Å²) in [7, 11) is 1.71. The number of hydrogen-bond donors (Lipinski definition) is 1. The fourth-order valence-electron chi connectivity index (χ4n) is 2.13. The Hall–Kier alpha value is -1.39. The van der Waals surface area contributed by atoms with Crippen molar-refractivity contribution in [2.45, 2.75) is 33.7 Å². The normalized spacial score (nSPS) is 10.8. The van der Waals surface area contributed by atoms with Gasteiger partial charge in [-0.1, -0.05) is 19.9 Å². The summed E-state index contributed by atoms with van der Waals surface area (Å²) in [6, 6.07) is 6.27. The number of benzene rings is 1. The highest BCUT2D eigenvalue weighted by molar-refractivity contribution is 7.15. The maximum Gasteiger partial charge on any atom is 0.129 e. The van der Waals surface area contributed by atoms with E-state index in [0.29, 0.717) is 0 Å². The van der Waals surface area contributed by atoms with Crippen molar-refractivity contribution in [1.29, 1.82) is 0 Å². The largest absolute Gasteiger partial charge is 0.496 e. The third-order valence-electron chi connectivity index (χ3n) is 3.24. The first-order valence-corrected chi connectivity index (χ1v) is 7.85. The van der Waals surface area contributed by atoms with Gasteiger partial charge in [0.15, 0.2) is 0 Å². The minimum atomic E-state index is 0.894. The summed E-state index contributed by atoms with van der Waals surface area (Å²) in [6.45, 7) is 8.22. The first-order chi connectivity index (χ1) is 9.69. The number of nitrogens with one attached hydrogen (secondary N) is 1. The van der Waals surface area contributed by atoms with E-state index < -0.39 is 0 Å². The van der Waals surface area contributed by atoms with Crippen molar-refractivity contribution < 1.29 is 4.74 Å². The van der Waals surface area contributed by atoms with Crippen LogP contribution in [0.4, 0.5) is 0 Å². The van der Waals surface area contributed by atoms with Crippen molar-refractivity contribution in [3.8, 4) is 16.3 Å². The first kappa shape index (κ1) is 15.0. The van der Waals surface area contributed by atoms with Gasteiger partial charge >= 0.3 is 0 Å². The number of ether oxygens (including phenoxy) is 1. The first-order valence-electron chi connectivity index (χ1n) is 7.03. The summed E-state index contributed by atoms with van der Waals surface area (Å²) < 4.78 is 5.50. The van der Waals surface area contributed by atoms with E-state index in [1.807, 2.05) is 0 Å². The Kier molecular flexibility index (Phi) is 5.15. The zero-order valence-corrected chi connectivity index (χ0v) is 13.4. The molecule has 1 aromatic heterocycles. The molecule has 0 atom stereocenters. The molecule has 1 N–H and O–H groups in total. The fraction of sp³-hybridized carbons (Fsp3) is 0.438. The molecule has 0 spiro atoms. The van der Waals surface area contributed by atoms with E-state index in [4.69, 9.17) is 9.72 Å². The molecule has 108 valence electrons. The van der Waals surface area contributed by atoms with Gasteiger partial charge in [-0.2, -0.15) is 0 Å². The van der Waals surface area contributed by atoms with Crippen molar-refractivity contribution in [2.75, 3.05) is 13.7 Å². The van der Waals surface area contributed by atoms with Crippen molar-refractivity contribution in [3.63, 3.8) is 0 Å². The summed E-state index contributed by atoms with van der Waals surface area (Å²) in [5, 5.41) is 4.43. The number of thiazole rings is 1. The lowest BCUT2D eigenvalue weighted by Crippen LogP contribution is -2.11. The predicted molar refractivity (Wildman–Crippen MR) is 85.6 cm³/mol. The third-order valence-corrected chi connectivity index (χ3v) is 4.37. The molecule has 4 heteroatoms. The van der Waals surface area contributed by atoms with E-state index >= 15 is 0 Å². The molecule has 0 aliphatic heterocycles. The van der Waals surface area contributed by atoms with Gasteiger partial charge in [-0.25, -0.2) is 4.98 Å². The lowest BCUT2D eigenvalue weighted by molar-refractivity contribution is 0.416. The standard InChI is InChI=1S/C16H22N2OS/c1-5-13-15(10-17-6-2)20-16(18-13)12-8-7-11(3)9-14(12)19-4/h7-9,17H,5-6,10H2,1-4H3. The van der Waals surface area contributed by atoms with E-state index in [1.54, 1.807) is 18.4 Å². The summed E-state index contributed by atoms with van der Waals surface area (Å²) in [5.41, 5.74) is 3.47. The van der Waals surface area contributed by atoms with Gasteiger partial charge < -0.3 is 10.1 Å². The Labute approximate surface area is 125 Å². The molecule has 20 heavy (non-hydrogen) atoms. The van der Waals surface area contributed by atoms with Gasteiger partial charge in [0.25, 0.3) is 0 Å². The monoisotopic (exact) mass is 290 g/mol. The lowest BCUT2D eigenvalue weighted by atomic mass is 10.1. The molecule has 0 saturated heterocycles. The molecule has 0 saturated carbocycles. The van der Waals surface area contributed by atoms with Crippen LogP contribution in [-0.4, -0.2) is 18.6 Å².